The molecule has 1 amide bonds. The first-order valence-corrected chi connectivity index (χ1v) is 7.35. The Morgan fingerprint density at radius 3 is 2.48 bits per heavy atom. The SMILES string of the molecule is O=C(O)c1ccccc1CC(=O)N(CCO)C1CCCC1. The van der Waals surface area contributed by atoms with Crippen LogP contribution >= 0.6 is 0 Å². The van der Waals surface area contributed by atoms with E-state index in [9.17, 15) is 9.59 Å². The van der Waals surface area contributed by atoms with Gasteiger partial charge in [-0.2, -0.15) is 0 Å². The molecule has 0 saturated heterocycles. The van der Waals surface area contributed by atoms with Crippen molar-refractivity contribution >= 4 is 11.9 Å². The minimum absolute atomic E-state index is 0.0666. The van der Waals surface area contributed by atoms with Crippen molar-refractivity contribution in [3.8, 4) is 0 Å². The summed E-state index contributed by atoms with van der Waals surface area (Å²) in [5.41, 5.74) is 0.692. The van der Waals surface area contributed by atoms with E-state index in [0.717, 1.165) is 25.7 Å². The van der Waals surface area contributed by atoms with Gasteiger partial charge in [-0.25, -0.2) is 4.79 Å². The molecule has 1 saturated carbocycles. The van der Waals surface area contributed by atoms with E-state index in [1.54, 1.807) is 23.1 Å². The average molecular weight is 291 g/mol. The lowest BCUT2D eigenvalue weighted by Crippen LogP contribution is -2.41. The third kappa shape index (κ3) is 3.82. The summed E-state index contributed by atoms with van der Waals surface area (Å²) in [6, 6.07) is 6.76. The molecule has 1 fully saturated rings. The molecule has 0 aliphatic heterocycles. The number of rotatable bonds is 6. The van der Waals surface area contributed by atoms with E-state index < -0.39 is 5.97 Å². The van der Waals surface area contributed by atoms with Crippen molar-refractivity contribution in [2.75, 3.05) is 13.2 Å². The second-order valence-electron chi connectivity index (χ2n) is 5.39. The molecule has 5 nitrogen and oxygen atoms in total. The monoisotopic (exact) mass is 291 g/mol. The van der Waals surface area contributed by atoms with Crippen molar-refractivity contribution in [3.05, 3.63) is 35.4 Å². The van der Waals surface area contributed by atoms with Gasteiger partial charge in [-0.1, -0.05) is 31.0 Å². The molecule has 5 heteroatoms. The highest BCUT2D eigenvalue weighted by molar-refractivity contribution is 5.91. The van der Waals surface area contributed by atoms with Crippen LogP contribution in [0.4, 0.5) is 0 Å². The van der Waals surface area contributed by atoms with Crippen LogP contribution in [0.25, 0.3) is 0 Å². The van der Waals surface area contributed by atoms with Gasteiger partial charge in [0, 0.05) is 12.6 Å². The number of aliphatic hydroxyl groups is 1. The molecular formula is C16H21NO4. The Kier molecular flexibility index (Phi) is 5.33. The molecule has 0 aromatic heterocycles. The van der Waals surface area contributed by atoms with Gasteiger partial charge < -0.3 is 15.1 Å². The first kappa shape index (κ1) is 15.5. The maximum absolute atomic E-state index is 12.5. The van der Waals surface area contributed by atoms with Crippen LogP contribution in [0.3, 0.4) is 0 Å². The molecule has 0 unspecified atom stereocenters. The lowest BCUT2D eigenvalue weighted by molar-refractivity contribution is -0.133. The molecule has 0 bridgehead atoms. The summed E-state index contributed by atoms with van der Waals surface area (Å²) in [7, 11) is 0. The standard InChI is InChI=1S/C16H21NO4/c18-10-9-17(13-6-2-3-7-13)15(19)11-12-5-1-4-8-14(12)16(20)21/h1,4-5,8,13,18H,2-3,6-7,9-11H2,(H,20,21). The molecule has 1 aliphatic rings. The number of carbonyl (C=O) groups is 2. The van der Waals surface area contributed by atoms with Crippen molar-refractivity contribution in [1.82, 2.24) is 4.90 Å². The zero-order valence-corrected chi connectivity index (χ0v) is 12.0. The van der Waals surface area contributed by atoms with Crippen LogP contribution in [0.1, 0.15) is 41.6 Å². The number of aromatic carboxylic acids is 1. The molecule has 0 heterocycles. The number of carboxylic acids is 1. The number of hydrogen-bond acceptors (Lipinski definition) is 3. The predicted molar refractivity (Wildman–Crippen MR) is 78.2 cm³/mol. The van der Waals surface area contributed by atoms with Crippen LogP contribution in [0.15, 0.2) is 24.3 Å². The minimum atomic E-state index is -1.02. The second kappa shape index (κ2) is 7.22. The maximum Gasteiger partial charge on any atom is 0.335 e. The number of aliphatic hydroxyl groups excluding tert-OH is 1. The summed E-state index contributed by atoms with van der Waals surface area (Å²) in [6.45, 7) is 0.252. The van der Waals surface area contributed by atoms with E-state index in [0.29, 0.717) is 12.1 Å². The summed E-state index contributed by atoms with van der Waals surface area (Å²) < 4.78 is 0. The molecule has 0 spiro atoms. The Labute approximate surface area is 124 Å². The highest BCUT2D eigenvalue weighted by atomic mass is 16.4. The Bertz CT molecular complexity index is 509. The molecule has 2 rings (SSSR count). The first-order valence-electron chi connectivity index (χ1n) is 7.35. The lowest BCUT2D eigenvalue weighted by atomic mass is 10.0. The van der Waals surface area contributed by atoms with Crippen LogP contribution in [-0.2, 0) is 11.2 Å². The molecule has 21 heavy (non-hydrogen) atoms. The highest BCUT2D eigenvalue weighted by Gasteiger charge is 2.26. The number of nitrogens with zero attached hydrogens (tertiary/aromatic N) is 1. The quantitative estimate of drug-likeness (QED) is 0.836. The van der Waals surface area contributed by atoms with Crippen molar-refractivity contribution < 1.29 is 19.8 Å². The van der Waals surface area contributed by atoms with Gasteiger partial charge >= 0.3 is 5.97 Å². The Morgan fingerprint density at radius 1 is 1.19 bits per heavy atom. The normalized spacial score (nSPS) is 15.1. The van der Waals surface area contributed by atoms with E-state index in [1.165, 1.54) is 6.07 Å². The number of benzene rings is 1. The van der Waals surface area contributed by atoms with Crippen molar-refractivity contribution in [2.24, 2.45) is 0 Å². The predicted octanol–water partition coefficient (Wildman–Crippen LogP) is 1.69. The van der Waals surface area contributed by atoms with Crippen molar-refractivity contribution in [2.45, 2.75) is 38.1 Å². The third-order valence-corrected chi connectivity index (χ3v) is 4.02. The fourth-order valence-corrected chi connectivity index (χ4v) is 2.98. The van der Waals surface area contributed by atoms with E-state index in [-0.39, 0.29) is 30.5 Å². The second-order valence-corrected chi connectivity index (χ2v) is 5.39. The van der Waals surface area contributed by atoms with Crippen LogP contribution in [0.2, 0.25) is 0 Å². The Morgan fingerprint density at radius 2 is 1.86 bits per heavy atom. The molecule has 1 aromatic carbocycles. The van der Waals surface area contributed by atoms with E-state index in [4.69, 9.17) is 10.2 Å². The van der Waals surface area contributed by atoms with Gasteiger partial charge in [0.1, 0.15) is 0 Å². The molecule has 1 aromatic rings. The highest BCUT2D eigenvalue weighted by Crippen LogP contribution is 2.24. The zero-order valence-electron chi connectivity index (χ0n) is 12.0. The van der Waals surface area contributed by atoms with Gasteiger partial charge in [0.2, 0.25) is 5.91 Å². The smallest absolute Gasteiger partial charge is 0.335 e. The fraction of sp³-hybridized carbons (Fsp3) is 0.500. The molecule has 0 atom stereocenters. The summed E-state index contributed by atoms with van der Waals surface area (Å²) in [5.74, 6) is -1.13. The topological polar surface area (TPSA) is 77.8 Å². The summed E-state index contributed by atoms with van der Waals surface area (Å²) in [5, 5.41) is 18.3. The van der Waals surface area contributed by atoms with Gasteiger partial charge in [0.25, 0.3) is 0 Å². The number of hydrogen-bond donors (Lipinski definition) is 2. The first-order chi connectivity index (χ1) is 10.1. The van der Waals surface area contributed by atoms with Gasteiger partial charge in [-0.15, -0.1) is 0 Å². The summed E-state index contributed by atoms with van der Waals surface area (Å²) in [4.78, 5) is 25.4. The van der Waals surface area contributed by atoms with Gasteiger partial charge in [-0.05, 0) is 24.5 Å². The molecule has 114 valence electrons. The van der Waals surface area contributed by atoms with Crippen LogP contribution in [0.5, 0.6) is 0 Å². The van der Waals surface area contributed by atoms with E-state index in [1.807, 2.05) is 0 Å². The number of amides is 1. The van der Waals surface area contributed by atoms with Crippen molar-refractivity contribution in [3.63, 3.8) is 0 Å². The minimum Gasteiger partial charge on any atom is -0.478 e. The number of carbonyl (C=O) groups excluding carboxylic acids is 1. The molecule has 1 aliphatic carbocycles. The van der Waals surface area contributed by atoms with Crippen molar-refractivity contribution in [1.29, 1.82) is 0 Å². The third-order valence-electron chi connectivity index (χ3n) is 4.02. The average Bonchev–Trinajstić information content (AvgIpc) is 2.98. The largest absolute Gasteiger partial charge is 0.478 e. The molecular weight excluding hydrogens is 270 g/mol. The zero-order chi connectivity index (χ0) is 15.2. The number of carboxylic acid groups (broad SMARTS) is 1. The lowest BCUT2D eigenvalue weighted by Gasteiger charge is -2.28. The van der Waals surface area contributed by atoms with Gasteiger partial charge in [-0.3, -0.25) is 4.79 Å². The van der Waals surface area contributed by atoms with E-state index >= 15 is 0 Å². The maximum atomic E-state index is 12.5. The summed E-state index contributed by atoms with van der Waals surface area (Å²) >= 11 is 0. The van der Waals surface area contributed by atoms with Gasteiger partial charge in [0.05, 0.1) is 18.6 Å². The summed E-state index contributed by atoms with van der Waals surface area (Å²) in [6.07, 6.45) is 4.20. The van der Waals surface area contributed by atoms with Gasteiger partial charge in [0.15, 0.2) is 0 Å². The fourth-order valence-electron chi connectivity index (χ4n) is 2.98. The molecule has 2 N–H and O–H groups in total. The molecule has 0 radical (unpaired) electrons. The van der Waals surface area contributed by atoms with E-state index in [2.05, 4.69) is 0 Å². The van der Waals surface area contributed by atoms with Crippen LogP contribution in [-0.4, -0.2) is 46.2 Å². The Balaban J connectivity index is 2.13. The van der Waals surface area contributed by atoms with Crippen LogP contribution < -0.4 is 0 Å². The Hall–Kier alpha value is -1.88. The van der Waals surface area contributed by atoms with Crippen LogP contribution in [0, 0.1) is 0 Å².